The topological polar surface area (TPSA) is 68.5 Å². The number of rotatable bonds is 5. The third kappa shape index (κ3) is 3.37. The predicted octanol–water partition coefficient (Wildman–Crippen LogP) is 3.35. The number of benzene rings is 3. The zero-order chi connectivity index (χ0) is 18.6. The first kappa shape index (κ1) is 16.8. The van der Waals surface area contributed by atoms with Crippen molar-refractivity contribution >= 4 is 33.9 Å². The van der Waals surface area contributed by atoms with E-state index in [1.165, 1.54) is 0 Å². The number of fused-ring (bicyclic) bond motifs is 2. The normalized spacial score (nSPS) is 11.3. The van der Waals surface area contributed by atoms with Crippen molar-refractivity contribution in [1.82, 2.24) is 15.0 Å². The Morgan fingerprint density at radius 2 is 1.96 bits per heavy atom. The molecule has 4 aromatic rings. The molecule has 0 saturated carbocycles. The van der Waals surface area contributed by atoms with Crippen LogP contribution in [0.3, 0.4) is 0 Å². The Kier molecular flexibility index (Phi) is 4.53. The number of carbonyl (C=O) groups excluding carboxylic acids is 1. The van der Waals surface area contributed by atoms with E-state index in [4.69, 9.17) is 4.74 Å². The SMILES string of the molecule is COc1ccc2ccccc2c1/C=N\NC(=O)Cn1cnc2ccccc21. The number of nitrogens with zero attached hydrogens (tertiary/aromatic N) is 3. The Balaban J connectivity index is 1.52. The summed E-state index contributed by atoms with van der Waals surface area (Å²) in [5.74, 6) is 0.473. The largest absolute Gasteiger partial charge is 0.496 e. The Bertz CT molecular complexity index is 1150. The number of ether oxygens (including phenoxy) is 1. The lowest BCUT2D eigenvalue weighted by Gasteiger charge is -2.08. The summed E-state index contributed by atoms with van der Waals surface area (Å²) >= 11 is 0. The van der Waals surface area contributed by atoms with Gasteiger partial charge in [0, 0.05) is 5.56 Å². The Morgan fingerprint density at radius 1 is 1.15 bits per heavy atom. The fourth-order valence-corrected chi connectivity index (χ4v) is 3.08. The summed E-state index contributed by atoms with van der Waals surface area (Å²) in [6.45, 7) is 0.143. The zero-order valence-corrected chi connectivity index (χ0v) is 14.8. The minimum absolute atomic E-state index is 0.143. The molecule has 0 radical (unpaired) electrons. The highest BCUT2D eigenvalue weighted by molar-refractivity contribution is 6.02. The average Bonchev–Trinajstić information content (AvgIpc) is 3.11. The monoisotopic (exact) mass is 358 g/mol. The quantitative estimate of drug-likeness (QED) is 0.439. The first-order valence-corrected chi connectivity index (χ1v) is 8.54. The van der Waals surface area contributed by atoms with E-state index in [9.17, 15) is 4.79 Å². The summed E-state index contributed by atoms with van der Waals surface area (Å²) in [5.41, 5.74) is 5.17. The molecule has 27 heavy (non-hydrogen) atoms. The molecule has 0 atom stereocenters. The summed E-state index contributed by atoms with van der Waals surface area (Å²) in [4.78, 5) is 16.5. The van der Waals surface area contributed by atoms with E-state index in [0.29, 0.717) is 5.75 Å². The van der Waals surface area contributed by atoms with Crippen LogP contribution in [0.15, 0.2) is 72.1 Å². The predicted molar refractivity (Wildman–Crippen MR) is 106 cm³/mol. The van der Waals surface area contributed by atoms with Crippen molar-refractivity contribution in [3.05, 3.63) is 72.6 Å². The van der Waals surface area contributed by atoms with Crippen LogP contribution in [0.5, 0.6) is 5.75 Å². The fraction of sp³-hybridized carbons (Fsp3) is 0.0952. The maximum absolute atomic E-state index is 12.3. The lowest BCUT2D eigenvalue weighted by Crippen LogP contribution is -2.22. The van der Waals surface area contributed by atoms with E-state index in [1.54, 1.807) is 24.2 Å². The summed E-state index contributed by atoms with van der Waals surface area (Å²) in [5, 5.41) is 6.21. The molecule has 6 nitrogen and oxygen atoms in total. The fourth-order valence-electron chi connectivity index (χ4n) is 3.08. The molecular formula is C21H18N4O2. The van der Waals surface area contributed by atoms with Gasteiger partial charge in [0.25, 0.3) is 5.91 Å². The van der Waals surface area contributed by atoms with Crippen LogP contribution < -0.4 is 10.2 Å². The minimum atomic E-state index is -0.228. The number of aromatic nitrogens is 2. The molecule has 3 aromatic carbocycles. The van der Waals surface area contributed by atoms with E-state index < -0.39 is 0 Å². The number of para-hydroxylation sites is 2. The molecule has 0 unspecified atom stereocenters. The van der Waals surface area contributed by atoms with Gasteiger partial charge in [0.1, 0.15) is 12.3 Å². The van der Waals surface area contributed by atoms with Gasteiger partial charge in [0.05, 0.1) is 30.7 Å². The van der Waals surface area contributed by atoms with E-state index in [1.807, 2.05) is 60.7 Å². The smallest absolute Gasteiger partial charge is 0.260 e. The number of hydrazone groups is 1. The van der Waals surface area contributed by atoms with Gasteiger partial charge in [-0.2, -0.15) is 5.10 Å². The molecule has 0 aliphatic heterocycles. The number of imidazole rings is 1. The minimum Gasteiger partial charge on any atom is -0.496 e. The van der Waals surface area contributed by atoms with Crippen LogP contribution >= 0.6 is 0 Å². The van der Waals surface area contributed by atoms with Gasteiger partial charge in [-0.1, -0.05) is 42.5 Å². The van der Waals surface area contributed by atoms with Crippen molar-refractivity contribution in [1.29, 1.82) is 0 Å². The maximum Gasteiger partial charge on any atom is 0.260 e. The average molecular weight is 358 g/mol. The standard InChI is InChI=1S/C21H18N4O2/c1-27-20-11-10-15-6-2-3-7-16(15)17(20)12-23-24-21(26)13-25-14-22-18-8-4-5-9-19(18)25/h2-12,14H,13H2,1H3,(H,24,26)/b23-12-. The number of nitrogens with one attached hydrogen (secondary N) is 1. The number of hydrogen-bond acceptors (Lipinski definition) is 4. The highest BCUT2D eigenvalue weighted by atomic mass is 16.5. The second-order valence-corrected chi connectivity index (χ2v) is 6.06. The number of hydrogen-bond donors (Lipinski definition) is 1. The van der Waals surface area contributed by atoms with Gasteiger partial charge >= 0.3 is 0 Å². The van der Waals surface area contributed by atoms with Crippen LogP contribution in [-0.4, -0.2) is 28.8 Å². The Labute approximate surface area is 156 Å². The number of amides is 1. The van der Waals surface area contributed by atoms with Crippen molar-refractivity contribution in [3.8, 4) is 5.75 Å². The van der Waals surface area contributed by atoms with Crippen LogP contribution in [0.2, 0.25) is 0 Å². The van der Waals surface area contributed by atoms with Gasteiger partial charge in [0.2, 0.25) is 0 Å². The molecule has 0 fully saturated rings. The van der Waals surface area contributed by atoms with Crippen molar-refractivity contribution < 1.29 is 9.53 Å². The molecule has 0 spiro atoms. The lowest BCUT2D eigenvalue weighted by molar-refractivity contribution is -0.121. The van der Waals surface area contributed by atoms with Crippen molar-refractivity contribution in [2.24, 2.45) is 5.10 Å². The first-order valence-electron chi connectivity index (χ1n) is 8.54. The van der Waals surface area contributed by atoms with Crippen LogP contribution in [0.25, 0.3) is 21.8 Å². The summed E-state index contributed by atoms with van der Waals surface area (Å²) < 4.78 is 7.22. The highest BCUT2D eigenvalue weighted by Crippen LogP contribution is 2.26. The van der Waals surface area contributed by atoms with Gasteiger partial charge in [-0.15, -0.1) is 0 Å². The molecule has 0 aliphatic carbocycles. The second kappa shape index (κ2) is 7.29. The first-order chi connectivity index (χ1) is 13.3. The van der Waals surface area contributed by atoms with Crippen LogP contribution in [0, 0.1) is 0 Å². The van der Waals surface area contributed by atoms with Gasteiger partial charge in [0.15, 0.2) is 0 Å². The second-order valence-electron chi connectivity index (χ2n) is 6.06. The molecule has 1 N–H and O–H groups in total. The van der Waals surface area contributed by atoms with Gasteiger partial charge in [-0.05, 0) is 29.0 Å². The van der Waals surface area contributed by atoms with E-state index in [-0.39, 0.29) is 12.5 Å². The summed E-state index contributed by atoms with van der Waals surface area (Å²) in [6, 6.07) is 19.5. The molecule has 0 aliphatic rings. The molecular weight excluding hydrogens is 340 g/mol. The highest BCUT2D eigenvalue weighted by Gasteiger charge is 2.08. The molecule has 134 valence electrons. The van der Waals surface area contributed by atoms with E-state index in [0.717, 1.165) is 27.4 Å². The van der Waals surface area contributed by atoms with Crippen molar-refractivity contribution in [3.63, 3.8) is 0 Å². The molecule has 4 rings (SSSR count). The van der Waals surface area contributed by atoms with Crippen molar-refractivity contribution in [2.45, 2.75) is 6.54 Å². The van der Waals surface area contributed by atoms with Crippen LogP contribution in [-0.2, 0) is 11.3 Å². The van der Waals surface area contributed by atoms with Crippen LogP contribution in [0.4, 0.5) is 0 Å². The summed E-state index contributed by atoms with van der Waals surface area (Å²) in [7, 11) is 1.62. The Hall–Kier alpha value is -3.67. The molecule has 0 saturated heterocycles. The third-order valence-corrected chi connectivity index (χ3v) is 4.37. The maximum atomic E-state index is 12.3. The lowest BCUT2D eigenvalue weighted by atomic mass is 10.0. The zero-order valence-electron chi connectivity index (χ0n) is 14.8. The van der Waals surface area contributed by atoms with Gasteiger partial charge in [-0.3, -0.25) is 4.79 Å². The Morgan fingerprint density at radius 3 is 2.85 bits per heavy atom. The molecule has 0 bridgehead atoms. The number of methoxy groups -OCH3 is 1. The van der Waals surface area contributed by atoms with E-state index >= 15 is 0 Å². The molecule has 6 heteroatoms. The number of carbonyl (C=O) groups is 1. The van der Waals surface area contributed by atoms with Gasteiger partial charge in [-0.25, -0.2) is 10.4 Å². The molecule has 1 heterocycles. The molecule has 1 aromatic heterocycles. The summed E-state index contributed by atoms with van der Waals surface area (Å²) in [6.07, 6.45) is 3.27. The van der Waals surface area contributed by atoms with Crippen LogP contribution in [0.1, 0.15) is 5.56 Å². The van der Waals surface area contributed by atoms with Gasteiger partial charge < -0.3 is 9.30 Å². The van der Waals surface area contributed by atoms with Crippen molar-refractivity contribution in [2.75, 3.05) is 7.11 Å². The molecule has 1 amide bonds. The van der Waals surface area contributed by atoms with E-state index in [2.05, 4.69) is 15.5 Å². The third-order valence-electron chi connectivity index (χ3n) is 4.37.